The van der Waals surface area contributed by atoms with Crippen molar-refractivity contribution in [2.24, 2.45) is 0 Å². The van der Waals surface area contributed by atoms with Gasteiger partial charge in [0.2, 0.25) is 0 Å². The normalized spacial score (nSPS) is 10.8. The minimum atomic E-state index is 0.193. The summed E-state index contributed by atoms with van der Waals surface area (Å²) in [7, 11) is 0. The van der Waals surface area contributed by atoms with Gasteiger partial charge in [-0.2, -0.15) is 5.10 Å². The third-order valence-corrected chi connectivity index (χ3v) is 3.54. The van der Waals surface area contributed by atoms with Crippen LogP contribution in [0.15, 0.2) is 18.2 Å². The van der Waals surface area contributed by atoms with Crippen LogP contribution in [0.1, 0.15) is 23.0 Å². The molecule has 7 heteroatoms. The van der Waals surface area contributed by atoms with Crippen molar-refractivity contribution in [2.75, 3.05) is 6.61 Å². The van der Waals surface area contributed by atoms with Crippen LogP contribution < -0.4 is 0 Å². The molecule has 0 atom stereocenters. The molecule has 1 heterocycles. The first-order valence-electron chi connectivity index (χ1n) is 5.84. The highest BCUT2D eigenvalue weighted by atomic mass is 35.5. The number of hydrogen-bond donors (Lipinski definition) is 0. The summed E-state index contributed by atoms with van der Waals surface area (Å²) in [4.78, 5) is 11.1. The molecule has 0 aliphatic heterocycles. The van der Waals surface area contributed by atoms with Crippen LogP contribution in [0.4, 0.5) is 0 Å². The first kappa shape index (κ1) is 15.3. The molecule has 106 valence electrons. The highest BCUT2D eigenvalue weighted by molar-refractivity contribution is 6.36. The van der Waals surface area contributed by atoms with E-state index in [4.69, 9.17) is 39.5 Å². The number of nitrogens with zero attached hydrogens (tertiary/aromatic N) is 2. The summed E-state index contributed by atoms with van der Waals surface area (Å²) in [5.41, 5.74) is 1.32. The highest BCUT2D eigenvalue weighted by Gasteiger charge is 2.18. The molecule has 2 rings (SSSR count). The predicted molar refractivity (Wildman–Crippen MR) is 79.3 cm³/mol. The SMILES string of the molecule is CCOCc1nn(-c2ccc(Cl)cc2Cl)c(Cl)c1C=O. The molecular weight excluding hydrogens is 323 g/mol. The molecule has 0 fully saturated rings. The van der Waals surface area contributed by atoms with Gasteiger partial charge in [-0.3, -0.25) is 4.79 Å². The van der Waals surface area contributed by atoms with Gasteiger partial charge in [0.25, 0.3) is 0 Å². The van der Waals surface area contributed by atoms with E-state index in [0.717, 1.165) is 0 Å². The van der Waals surface area contributed by atoms with Gasteiger partial charge in [0, 0.05) is 11.6 Å². The van der Waals surface area contributed by atoms with E-state index < -0.39 is 0 Å². The summed E-state index contributed by atoms with van der Waals surface area (Å²) >= 11 is 18.2. The first-order valence-corrected chi connectivity index (χ1v) is 6.97. The predicted octanol–water partition coefficient (Wildman–Crippen LogP) is 4.18. The van der Waals surface area contributed by atoms with Crippen LogP contribution in [0.5, 0.6) is 0 Å². The Bertz CT molecular complexity index is 641. The fraction of sp³-hybridized carbons (Fsp3) is 0.231. The van der Waals surface area contributed by atoms with E-state index in [-0.39, 0.29) is 11.8 Å². The quantitative estimate of drug-likeness (QED) is 0.771. The number of rotatable bonds is 5. The Balaban J connectivity index is 2.51. The molecule has 1 aromatic heterocycles. The van der Waals surface area contributed by atoms with Gasteiger partial charge in [-0.25, -0.2) is 4.68 Å². The van der Waals surface area contributed by atoms with Crippen molar-refractivity contribution in [3.63, 3.8) is 0 Å². The maximum Gasteiger partial charge on any atom is 0.155 e. The van der Waals surface area contributed by atoms with Gasteiger partial charge >= 0.3 is 0 Å². The minimum Gasteiger partial charge on any atom is -0.375 e. The summed E-state index contributed by atoms with van der Waals surface area (Å²) in [6.07, 6.45) is 0.657. The van der Waals surface area contributed by atoms with E-state index in [1.54, 1.807) is 18.2 Å². The maximum atomic E-state index is 11.1. The molecule has 4 nitrogen and oxygen atoms in total. The second-order valence-electron chi connectivity index (χ2n) is 3.91. The first-order chi connectivity index (χ1) is 9.58. The Morgan fingerprint density at radius 3 is 2.70 bits per heavy atom. The summed E-state index contributed by atoms with van der Waals surface area (Å²) < 4.78 is 6.67. The van der Waals surface area contributed by atoms with E-state index >= 15 is 0 Å². The van der Waals surface area contributed by atoms with Crippen molar-refractivity contribution in [2.45, 2.75) is 13.5 Å². The molecule has 0 saturated heterocycles. The van der Waals surface area contributed by atoms with Crippen molar-refractivity contribution < 1.29 is 9.53 Å². The number of ether oxygens (including phenoxy) is 1. The van der Waals surface area contributed by atoms with E-state index in [2.05, 4.69) is 5.10 Å². The lowest BCUT2D eigenvalue weighted by molar-refractivity contribution is 0.110. The third kappa shape index (κ3) is 2.99. The van der Waals surface area contributed by atoms with Gasteiger partial charge in [-0.1, -0.05) is 34.8 Å². The fourth-order valence-corrected chi connectivity index (χ4v) is 2.46. The molecule has 2 aromatic rings. The van der Waals surface area contributed by atoms with E-state index in [1.807, 2.05) is 6.92 Å². The van der Waals surface area contributed by atoms with Crippen LogP contribution in [0.2, 0.25) is 15.2 Å². The molecule has 0 unspecified atom stereocenters. The Kier molecular flexibility index (Phi) is 5.05. The van der Waals surface area contributed by atoms with Crippen molar-refractivity contribution in [1.82, 2.24) is 9.78 Å². The van der Waals surface area contributed by atoms with Crippen LogP contribution in [-0.4, -0.2) is 22.7 Å². The zero-order chi connectivity index (χ0) is 14.7. The number of halogens is 3. The van der Waals surface area contributed by atoms with Crippen molar-refractivity contribution in [1.29, 1.82) is 0 Å². The van der Waals surface area contributed by atoms with Gasteiger partial charge in [-0.05, 0) is 25.1 Å². The standard InChI is InChI=1S/C13H11Cl3N2O2/c1-2-20-7-11-9(6-19)13(16)18(17-11)12-4-3-8(14)5-10(12)15/h3-6H,2,7H2,1H3. The molecule has 0 radical (unpaired) electrons. The fourth-order valence-electron chi connectivity index (χ4n) is 1.69. The lowest BCUT2D eigenvalue weighted by atomic mass is 10.3. The number of hydrogen-bond acceptors (Lipinski definition) is 3. The molecule has 0 spiro atoms. The average Bonchev–Trinajstić information content (AvgIpc) is 2.72. The Hall–Kier alpha value is -1.07. The molecule has 20 heavy (non-hydrogen) atoms. The Morgan fingerprint density at radius 1 is 1.35 bits per heavy atom. The highest BCUT2D eigenvalue weighted by Crippen LogP contribution is 2.29. The van der Waals surface area contributed by atoms with Crippen LogP contribution in [0, 0.1) is 0 Å². The minimum absolute atomic E-state index is 0.193. The largest absolute Gasteiger partial charge is 0.375 e. The lowest BCUT2D eigenvalue weighted by Gasteiger charge is -2.05. The molecule has 0 aliphatic rings. The molecule has 0 saturated carbocycles. The zero-order valence-corrected chi connectivity index (χ0v) is 12.8. The Morgan fingerprint density at radius 2 is 2.10 bits per heavy atom. The summed E-state index contributed by atoms with van der Waals surface area (Å²) in [5.74, 6) is 0. The van der Waals surface area contributed by atoms with Crippen LogP contribution in [-0.2, 0) is 11.3 Å². The van der Waals surface area contributed by atoms with Crippen molar-refractivity contribution >= 4 is 41.1 Å². The van der Waals surface area contributed by atoms with Crippen LogP contribution in [0.25, 0.3) is 5.69 Å². The summed E-state index contributed by atoms with van der Waals surface area (Å²) in [5, 5.41) is 5.37. The van der Waals surface area contributed by atoms with Gasteiger partial charge in [0.05, 0.1) is 22.9 Å². The maximum absolute atomic E-state index is 11.1. The van der Waals surface area contributed by atoms with Gasteiger partial charge < -0.3 is 4.74 Å². The lowest BCUT2D eigenvalue weighted by Crippen LogP contribution is -1.99. The zero-order valence-electron chi connectivity index (χ0n) is 10.6. The molecule has 0 N–H and O–H groups in total. The summed E-state index contributed by atoms with van der Waals surface area (Å²) in [6, 6.07) is 4.94. The molecule has 0 bridgehead atoms. The second-order valence-corrected chi connectivity index (χ2v) is 5.12. The Labute approximate surface area is 131 Å². The van der Waals surface area contributed by atoms with E-state index in [0.29, 0.717) is 39.9 Å². The van der Waals surface area contributed by atoms with Gasteiger partial charge in [0.15, 0.2) is 6.29 Å². The third-order valence-electron chi connectivity index (χ3n) is 2.64. The van der Waals surface area contributed by atoms with Crippen LogP contribution in [0.3, 0.4) is 0 Å². The molecule has 0 aliphatic carbocycles. The van der Waals surface area contributed by atoms with Crippen molar-refractivity contribution in [3.05, 3.63) is 44.7 Å². The topological polar surface area (TPSA) is 44.1 Å². The van der Waals surface area contributed by atoms with E-state index in [9.17, 15) is 4.79 Å². The smallest absolute Gasteiger partial charge is 0.155 e. The number of carbonyl (C=O) groups excluding carboxylic acids is 1. The monoisotopic (exact) mass is 332 g/mol. The number of aldehydes is 1. The van der Waals surface area contributed by atoms with Crippen LogP contribution >= 0.6 is 34.8 Å². The molecule has 1 aromatic carbocycles. The molecular formula is C13H11Cl3N2O2. The number of benzene rings is 1. The second kappa shape index (κ2) is 6.59. The number of aromatic nitrogens is 2. The van der Waals surface area contributed by atoms with Gasteiger partial charge in [-0.15, -0.1) is 0 Å². The summed E-state index contributed by atoms with van der Waals surface area (Å²) in [6.45, 7) is 2.59. The van der Waals surface area contributed by atoms with E-state index in [1.165, 1.54) is 4.68 Å². The average molecular weight is 334 g/mol. The van der Waals surface area contributed by atoms with Gasteiger partial charge in [0.1, 0.15) is 10.8 Å². The molecule has 0 amide bonds. The van der Waals surface area contributed by atoms with Crippen molar-refractivity contribution in [3.8, 4) is 5.69 Å². The number of carbonyl (C=O) groups is 1.